The van der Waals surface area contributed by atoms with Gasteiger partial charge in [-0.1, -0.05) is 24.3 Å². The molecule has 4 aromatic rings. The number of nitrogens with one attached hydrogen (secondary N) is 2. The molecule has 0 fully saturated rings. The first-order chi connectivity index (χ1) is 12.7. The Morgan fingerprint density at radius 1 is 0.731 bits per heavy atom. The predicted octanol–water partition coefficient (Wildman–Crippen LogP) is 5.27. The predicted molar refractivity (Wildman–Crippen MR) is 106 cm³/mol. The third-order valence-corrected chi connectivity index (χ3v) is 5.47. The number of hydrogen-bond donors (Lipinski definition) is 2. The molecule has 1 aliphatic rings. The van der Waals surface area contributed by atoms with Crippen LogP contribution in [0.4, 0.5) is 0 Å². The van der Waals surface area contributed by atoms with Gasteiger partial charge in [-0.15, -0.1) is 0 Å². The second-order valence-corrected chi connectivity index (χ2v) is 7.37. The zero-order valence-electron chi connectivity index (χ0n) is 15.1. The molecule has 2 aromatic heterocycles. The summed E-state index contributed by atoms with van der Waals surface area (Å²) in [5, 5.41) is 0. The molecule has 0 bridgehead atoms. The van der Waals surface area contributed by atoms with Gasteiger partial charge in [0.15, 0.2) is 0 Å². The summed E-state index contributed by atoms with van der Waals surface area (Å²) in [6.07, 6.45) is 7.06. The minimum Gasteiger partial charge on any atom is -0.342 e. The molecule has 0 saturated carbocycles. The molecule has 2 N–H and O–H groups in total. The Kier molecular flexibility index (Phi) is 3.45. The number of nitrogens with zero attached hydrogens (tertiary/aromatic N) is 2. The summed E-state index contributed by atoms with van der Waals surface area (Å²) >= 11 is 0. The molecule has 0 spiro atoms. The van der Waals surface area contributed by atoms with E-state index in [2.05, 4.69) is 68.5 Å². The van der Waals surface area contributed by atoms with Gasteiger partial charge in [-0.3, -0.25) is 0 Å². The maximum Gasteiger partial charge on any atom is 0.104 e. The first-order valence-electron chi connectivity index (χ1n) is 9.26. The highest BCUT2D eigenvalue weighted by molar-refractivity contribution is 5.77. The third-order valence-electron chi connectivity index (χ3n) is 5.47. The Balaban J connectivity index is 1.41. The van der Waals surface area contributed by atoms with Crippen LogP contribution in [0.3, 0.4) is 0 Å². The molecular formula is C22H22N4. The fourth-order valence-electron chi connectivity index (χ4n) is 4.14. The number of aromatic amines is 2. The van der Waals surface area contributed by atoms with Crippen molar-refractivity contribution in [2.45, 2.75) is 38.5 Å². The average molecular weight is 342 g/mol. The maximum absolute atomic E-state index is 4.57. The van der Waals surface area contributed by atoms with Crippen LogP contribution < -0.4 is 0 Å². The van der Waals surface area contributed by atoms with E-state index < -0.39 is 0 Å². The van der Waals surface area contributed by atoms with Crippen molar-refractivity contribution in [3.8, 4) is 0 Å². The number of hydrogen-bond acceptors (Lipinski definition) is 2. The van der Waals surface area contributed by atoms with Crippen molar-refractivity contribution in [1.29, 1.82) is 0 Å². The highest BCUT2D eigenvalue weighted by Gasteiger charge is 2.19. The zero-order valence-corrected chi connectivity index (χ0v) is 15.1. The van der Waals surface area contributed by atoms with Crippen molar-refractivity contribution in [2.75, 3.05) is 0 Å². The molecule has 26 heavy (non-hydrogen) atoms. The lowest BCUT2D eigenvalue weighted by atomic mass is 9.81. The number of aromatic nitrogens is 4. The summed E-state index contributed by atoms with van der Waals surface area (Å²) in [6, 6.07) is 13.2. The van der Waals surface area contributed by atoms with Crippen LogP contribution >= 0.6 is 0 Å². The topological polar surface area (TPSA) is 57.4 Å². The van der Waals surface area contributed by atoms with Crippen molar-refractivity contribution in [3.63, 3.8) is 0 Å². The van der Waals surface area contributed by atoms with Crippen molar-refractivity contribution >= 4 is 22.1 Å². The summed E-state index contributed by atoms with van der Waals surface area (Å²) in [7, 11) is 0. The molecule has 4 nitrogen and oxygen atoms in total. The van der Waals surface area contributed by atoms with Crippen LogP contribution in [0.5, 0.6) is 0 Å². The normalized spacial score (nSPS) is 20.2. The Hall–Kier alpha value is -2.88. The Morgan fingerprint density at radius 3 is 1.62 bits per heavy atom. The second-order valence-electron chi connectivity index (χ2n) is 7.37. The summed E-state index contributed by atoms with van der Waals surface area (Å²) in [5.74, 6) is 2.90. The maximum atomic E-state index is 4.57. The Labute approximate surface area is 152 Å². The highest BCUT2D eigenvalue weighted by atomic mass is 14.9. The summed E-state index contributed by atoms with van der Waals surface area (Å²) < 4.78 is 0. The number of fused-ring (bicyclic) bond motifs is 2. The van der Waals surface area contributed by atoms with Crippen LogP contribution in [-0.2, 0) is 0 Å². The number of benzene rings is 2. The van der Waals surface area contributed by atoms with Gasteiger partial charge >= 0.3 is 0 Å². The van der Waals surface area contributed by atoms with E-state index in [4.69, 9.17) is 0 Å². The number of rotatable bonds is 2. The lowest BCUT2D eigenvalue weighted by molar-refractivity contribution is 0.601. The van der Waals surface area contributed by atoms with E-state index in [1.165, 1.54) is 11.1 Å². The average Bonchev–Trinajstić information content (AvgIpc) is 3.20. The molecule has 4 heteroatoms. The number of allylic oxidation sites excluding steroid dienone is 2. The van der Waals surface area contributed by atoms with Gasteiger partial charge in [0.05, 0.1) is 22.1 Å². The lowest BCUT2D eigenvalue weighted by Crippen LogP contribution is -2.06. The quantitative estimate of drug-likeness (QED) is 0.487. The van der Waals surface area contributed by atoms with Crippen molar-refractivity contribution < 1.29 is 0 Å². The van der Waals surface area contributed by atoms with Gasteiger partial charge in [0, 0.05) is 11.8 Å². The van der Waals surface area contributed by atoms with Crippen LogP contribution in [0, 0.1) is 13.8 Å². The summed E-state index contributed by atoms with van der Waals surface area (Å²) in [6.45, 7) is 4.00. The first kappa shape index (κ1) is 15.4. The molecule has 1 aliphatic carbocycles. The number of H-pyrrole nitrogens is 2. The third kappa shape index (κ3) is 2.62. The van der Waals surface area contributed by atoms with E-state index in [1.807, 2.05) is 13.8 Å². The number of imidazole rings is 2. The van der Waals surface area contributed by atoms with E-state index in [0.717, 1.165) is 46.6 Å². The van der Waals surface area contributed by atoms with Crippen molar-refractivity contribution in [1.82, 2.24) is 19.9 Å². The van der Waals surface area contributed by atoms with Crippen LogP contribution in [0.15, 0.2) is 48.6 Å². The van der Waals surface area contributed by atoms with Gasteiger partial charge in [-0.05, 0) is 62.1 Å². The van der Waals surface area contributed by atoms with E-state index in [9.17, 15) is 0 Å². The monoisotopic (exact) mass is 342 g/mol. The smallest absolute Gasteiger partial charge is 0.104 e. The molecule has 0 saturated heterocycles. The van der Waals surface area contributed by atoms with Crippen LogP contribution in [-0.4, -0.2) is 19.9 Å². The van der Waals surface area contributed by atoms with Crippen molar-refractivity contribution in [3.05, 3.63) is 71.3 Å². The largest absolute Gasteiger partial charge is 0.342 e. The van der Waals surface area contributed by atoms with Crippen LogP contribution in [0.1, 0.15) is 47.5 Å². The summed E-state index contributed by atoms with van der Waals surface area (Å²) in [5.41, 5.74) is 7.08. The van der Waals surface area contributed by atoms with E-state index in [0.29, 0.717) is 11.8 Å². The highest BCUT2D eigenvalue weighted by Crippen LogP contribution is 2.36. The molecule has 2 aromatic carbocycles. The Morgan fingerprint density at radius 2 is 1.19 bits per heavy atom. The molecule has 5 rings (SSSR count). The molecule has 0 radical (unpaired) electrons. The zero-order chi connectivity index (χ0) is 17.7. The van der Waals surface area contributed by atoms with Gasteiger partial charge in [0.2, 0.25) is 0 Å². The fourth-order valence-corrected chi connectivity index (χ4v) is 4.14. The molecular weight excluding hydrogens is 320 g/mol. The van der Waals surface area contributed by atoms with Crippen molar-refractivity contribution in [2.24, 2.45) is 0 Å². The standard InChI is InChI=1S/C22H22N4/c1-13-23-19-9-7-17(11-21(19)25-13)15-3-5-16(6-4-15)18-8-10-20-22(12-18)26-14(2)24-20/h3,5,7-12,15-16H,4,6H2,1-2H3,(H,23,25)(H,24,26). The van der Waals surface area contributed by atoms with Gasteiger partial charge in [-0.2, -0.15) is 0 Å². The van der Waals surface area contributed by atoms with E-state index in [1.54, 1.807) is 0 Å². The summed E-state index contributed by atoms with van der Waals surface area (Å²) in [4.78, 5) is 15.7. The second kappa shape index (κ2) is 5.84. The van der Waals surface area contributed by atoms with Crippen LogP contribution in [0.25, 0.3) is 22.1 Å². The van der Waals surface area contributed by atoms with Gasteiger partial charge in [0.25, 0.3) is 0 Å². The Bertz CT molecular complexity index is 1040. The SMILES string of the molecule is Cc1nc2cc(C3C=CC(c4ccc5[nH]c(C)nc5c4)CC3)ccc2[nH]1. The lowest BCUT2D eigenvalue weighted by Gasteiger charge is -2.23. The molecule has 0 amide bonds. The molecule has 2 unspecified atom stereocenters. The van der Waals surface area contributed by atoms with E-state index in [-0.39, 0.29) is 0 Å². The molecule has 2 heterocycles. The first-order valence-corrected chi connectivity index (χ1v) is 9.26. The molecule has 130 valence electrons. The minimum atomic E-state index is 0.476. The van der Waals surface area contributed by atoms with Gasteiger partial charge in [-0.25, -0.2) is 9.97 Å². The van der Waals surface area contributed by atoms with Gasteiger partial charge < -0.3 is 9.97 Å². The van der Waals surface area contributed by atoms with Crippen LogP contribution in [0.2, 0.25) is 0 Å². The van der Waals surface area contributed by atoms with Gasteiger partial charge in [0.1, 0.15) is 11.6 Å². The fraction of sp³-hybridized carbons (Fsp3) is 0.273. The minimum absolute atomic E-state index is 0.476. The van der Waals surface area contributed by atoms with E-state index >= 15 is 0 Å². The number of aryl methyl sites for hydroxylation is 2. The molecule has 2 atom stereocenters. The molecule has 0 aliphatic heterocycles.